The molecule has 0 heterocycles. The fraction of sp³-hybridized carbons (Fsp3) is 0.600. The zero-order chi connectivity index (χ0) is 12.8. The van der Waals surface area contributed by atoms with Crippen LogP contribution in [0.5, 0.6) is 0 Å². The van der Waals surface area contributed by atoms with Gasteiger partial charge in [-0.3, -0.25) is 0 Å². The van der Waals surface area contributed by atoms with Crippen LogP contribution < -0.4 is 11.1 Å². The molecule has 0 saturated heterocycles. The second kappa shape index (κ2) is 6.76. The molecule has 3 nitrogen and oxygen atoms in total. The van der Waals surface area contributed by atoms with Gasteiger partial charge in [-0.1, -0.05) is 6.07 Å². The van der Waals surface area contributed by atoms with Crippen LogP contribution in [0.2, 0.25) is 0 Å². The van der Waals surface area contributed by atoms with Gasteiger partial charge in [0.15, 0.2) is 0 Å². The highest BCUT2D eigenvalue weighted by Gasteiger charge is 2.21. The quantitative estimate of drug-likeness (QED) is 0.576. The van der Waals surface area contributed by atoms with Crippen molar-refractivity contribution in [1.29, 1.82) is 0 Å². The van der Waals surface area contributed by atoms with Crippen molar-refractivity contribution in [3.63, 3.8) is 0 Å². The zero-order valence-corrected chi connectivity index (χ0v) is 11.2. The lowest BCUT2D eigenvalue weighted by molar-refractivity contribution is 0.192. The highest BCUT2D eigenvalue weighted by molar-refractivity contribution is 5.47. The number of hydrogen-bond acceptors (Lipinski definition) is 3. The monoisotopic (exact) mass is 248 g/mol. The molecule has 0 bridgehead atoms. The van der Waals surface area contributed by atoms with Gasteiger partial charge in [0.25, 0.3) is 0 Å². The second-order valence-corrected chi connectivity index (χ2v) is 5.06. The summed E-state index contributed by atoms with van der Waals surface area (Å²) in [5.41, 5.74) is 9.56. The summed E-state index contributed by atoms with van der Waals surface area (Å²) in [4.78, 5) is 0. The summed E-state index contributed by atoms with van der Waals surface area (Å²) in [5.74, 6) is 0. The van der Waals surface area contributed by atoms with Crippen molar-refractivity contribution >= 4 is 5.69 Å². The molecule has 100 valence electrons. The van der Waals surface area contributed by atoms with Crippen LogP contribution in [0.25, 0.3) is 0 Å². The number of ether oxygens (including phenoxy) is 1. The van der Waals surface area contributed by atoms with Crippen LogP contribution in [-0.4, -0.2) is 20.3 Å². The van der Waals surface area contributed by atoms with E-state index in [2.05, 4.69) is 17.4 Å². The van der Waals surface area contributed by atoms with Crippen molar-refractivity contribution in [2.24, 2.45) is 0 Å². The number of methoxy groups -OCH3 is 1. The van der Waals surface area contributed by atoms with Gasteiger partial charge in [0.05, 0.1) is 0 Å². The van der Waals surface area contributed by atoms with E-state index in [1.807, 2.05) is 6.07 Å². The van der Waals surface area contributed by atoms with E-state index in [0.29, 0.717) is 6.04 Å². The predicted molar refractivity (Wildman–Crippen MR) is 75.6 cm³/mol. The van der Waals surface area contributed by atoms with Gasteiger partial charge in [0, 0.05) is 25.4 Å². The molecule has 0 aromatic heterocycles. The molecule has 1 aliphatic carbocycles. The van der Waals surface area contributed by atoms with Gasteiger partial charge in [0.1, 0.15) is 0 Å². The highest BCUT2D eigenvalue weighted by atomic mass is 16.5. The van der Waals surface area contributed by atoms with Crippen molar-refractivity contribution < 1.29 is 4.74 Å². The lowest BCUT2D eigenvalue weighted by atomic mass is 10.1. The number of unbranched alkanes of at least 4 members (excludes halogenated alkanes) is 2. The maximum atomic E-state index is 5.81. The minimum Gasteiger partial charge on any atom is -0.399 e. The SMILES string of the molecule is COCCCCCNC1CCc2cc(N)ccc21. The Bertz CT molecular complexity index is 379. The first kappa shape index (κ1) is 13.4. The Hall–Kier alpha value is -1.06. The lowest BCUT2D eigenvalue weighted by Gasteiger charge is -2.14. The molecule has 1 aromatic carbocycles. The van der Waals surface area contributed by atoms with Crippen molar-refractivity contribution in [3.8, 4) is 0 Å². The fourth-order valence-electron chi connectivity index (χ4n) is 2.67. The van der Waals surface area contributed by atoms with Crippen LogP contribution in [-0.2, 0) is 11.2 Å². The number of aryl methyl sites for hydroxylation is 1. The molecule has 1 aliphatic rings. The second-order valence-electron chi connectivity index (χ2n) is 5.06. The van der Waals surface area contributed by atoms with Crippen molar-refractivity contribution in [2.45, 2.75) is 38.1 Å². The largest absolute Gasteiger partial charge is 0.399 e. The van der Waals surface area contributed by atoms with Gasteiger partial charge in [-0.15, -0.1) is 0 Å². The molecule has 0 radical (unpaired) electrons. The molecular weight excluding hydrogens is 224 g/mol. The molecule has 0 aliphatic heterocycles. The Kier molecular flexibility index (Phi) is 5.02. The Balaban J connectivity index is 1.73. The van der Waals surface area contributed by atoms with E-state index >= 15 is 0 Å². The van der Waals surface area contributed by atoms with E-state index < -0.39 is 0 Å². The summed E-state index contributed by atoms with van der Waals surface area (Å²) in [5, 5.41) is 3.65. The van der Waals surface area contributed by atoms with Gasteiger partial charge < -0.3 is 15.8 Å². The van der Waals surface area contributed by atoms with Crippen molar-refractivity contribution in [3.05, 3.63) is 29.3 Å². The van der Waals surface area contributed by atoms with E-state index in [1.54, 1.807) is 7.11 Å². The molecule has 18 heavy (non-hydrogen) atoms. The third-order valence-electron chi connectivity index (χ3n) is 3.66. The van der Waals surface area contributed by atoms with Crippen LogP contribution in [0.15, 0.2) is 18.2 Å². The maximum Gasteiger partial charge on any atom is 0.0462 e. The van der Waals surface area contributed by atoms with Gasteiger partial charge >= 0.3 is 0 Å². The van der Waals surface area contributed by atoms with E-state index in [1.165, 1.54) is 30.4 Å². The average molecular weight is 248 g/mol. The van der Waals surface area contributed by atoms with Crippen LogP contribution in [0, 0.1) is 0 Å². The van der Waals surface area contributed by atoms with Gasteiger partial charge in [0.2, 0.25) is 0 Å². The smallest absolute Gasteiger partial charge is 0.0462 e. The van der Waals surface area contributed by atoms with Crippen LogP contribution in [0.3, 0.4) is 0 Å². The molecular formula is C15H24N2O. The summed E-state index contributed by atoms with van der Waals surface area (Å²) in [6.45, 7) is 1.98. The number of nitrogens with one attached hydrogen (secondary N) is 1. The number of rotatable bonds is 7. The first-order valence-corrected chi connectivity index (χ1v) is 6.92. The first-order valence-electron chi connectivity index (χ1n) is 6.92. The third kappa shape index (κ3) is 3.47. The number of nitrogens with two attached hydrogens (primary N) is 1. The molecule has 1 atom stereocenters. The normalized spacial score (nSPS) is 17.9. The summed E-state index contributed by atoms with van der Waals surface area (Å²) in [7, 11) is 1.76. The molecule has 3 N–H and O–H groups in total. The van der Waals surface area contributed by atoms with E-state index in [-0.39, 0.29) is 0 Å². The van der Waals surface area contributed by atoms with E-state index in [4.69, 9.17) is 10.5 Å². The molecule has 0 spiro atoms. The van der Waals surface area contributed by atoms with E-state index in [9.17, 15) is 0 Å². The first-order chi connectivity index (χ1) is 8.81. The Morgan fingerprint density at radius 3 is 3.06 bits per heavy atom. The van der Waals surface area contributed by atoms with Crippen molar-refractivity contribution in [2.75, 3.05) is 26.0 Å². The minimum absolute atomic E-state index is 0.531. The topological polar surface area (TPSA) is 47.3 Å². The fourth-order valence-corrected chi connectivity index (χ4v) is 2.67. The average Bonchev–Trinajstić information content (AvgIpc) is 2.76. The van der Waals surface area contributed by atoms with Crippen LogP contribution in [0.4, 0.5) is 5.69 Å². The summed E-state index contributed by atoms with van der Waals surface area (Å²) < 4.78 is 5.05. The summed E-state index contributed by atoms with van der Waals surface area (Å²) in [6.07, 6.45) is 5.99. The maximum absolute atomic E-state index is 5.81. The number of fused-ring (bicyclic) bond motifs is 1. The van der Waals surface area contributed by atoms with Gasteiger partial charge in [-0.25, -0.2) is 0 Å². The number of hydrogen-bond donors (Lipinski definition) is 2. The van der Waals surface area contributed by atoms with Gasteiger partial charge in [-0.05, 0) is 61.9 Å². The highest BCUT2D eigenvalue weighted by Crippen LogP contribution is 2.32. The molecule has 2 rings (SSSR count). The number of benzene rings is 1. The predicted octanol–water partition coefficient (Wildman–Crippen LogP) is 2.66. The zero-order valence-electron chi connectivity index (χ0n) is 11.2. The third-order valence-corrected chi connectivity index (χ3v) is 3.66. The summed E-state index contributed by atoms with van der Waals surface area (Å²) >= 11 is 0. The lowest BCUT2D eigenvalue weighted by Crippen LogP contribution is -2.20. The van der Waals surface area contributed by atoms with Crippen LogP contribution in [0.1, 0.15) is 42.9 Å². The Labute approximate surface area is 110 Å². The molecule has 1 aromatic rings. The van der Waals surface area contributed by atoms with Crippen molar-refractivity contribution in [1.82, 2.24) is 5.32 Å². The van der Waals surface area contributed by atoms with E-state index in [0.717, 1.165) is 31.7 Å². The standard InChI is InChI=1S/C15H24N2O/c1-18-10-4-2-3-9-17-15-8-5-12-11-13(16)6-7-14(12)15/h6-7,11,15,17H,2-5,8-10,16H2,1H3. The number of anilines is 1. The molecule has 0 saturated carbocycles. The summed E-state index contributed by atoms with van der Waals surface area (Å²) in [6, 6.07) is 6.84. The minimum atomic E-state index is 0.531. The molecule has 0 fully saturated rings. The molecule has 1 unspecified atom stereocenters. The molecule has 0 amide bonds. The number of nitrogen functional groups attached to an aromatic ring is 1. The molecule has 3 heteroatoms. The van der Waals surface area contributed by atoms with Crippen LogP contribution >= 0.6 is 0 Å². The van der Waals surface area contributed by atoms with Gasteiger partial charge in [-0.2, -0.15) is 0 Å². The Morgan fingerprint density at radius 2 is 2.22 bits per heavy atom. The Morgan fingerprint density at radius 1 is 1.33 bits per heavy atom.